The number of hydrogen-bond acceptors (Lipinski definition) is 1. The summed E-state index contributed by atoms with van der Waals surface area (Å²) in [7, 11) is 0. The molecule has 21 heavy (non-hydrogen) atoms. The van der Waals surface area contributed by atoms with Crippen molar-refractivity contribution in [3.63, 3.8) is 0 Å². The van der Waals surface area contributed by atoms with Gasteiger partial charge in [0.1, 0.15) is 0 Å². The number of carbonyl (C=O) groups excluding carboxylic acids is 1. The van der Waals surface area contributed by atoms with Crippen LogP contribution in [0.25, 0.3) is 11.1 Å². The molecule has 0 saturated heterocycles. The number of Topliss-reactive ketones (excluding diaryl/α,β-unsaturated/α-hetero) is 1. The standard InChI is InChI=1S/C14H12O.2C3H8/c1-11(15)12-7-9-14(10-8-12)13-5-3-2-4-6-13;2*1-3-2/h2-10H,1H3;2*3H2,1-2H3. The van der Waals surface area contributed by atoms with Gasteiger partial charge in [-0.05, 0) is 18.1 Å². The van der Waals surface area contributed by atoms with Gasteiger partial charge in [0.15, 0.2) is 5.78 Å². The lowest BCUT2D eigenvalue weighted by molar-refractivity contribution is 0.101. The highest BCUT2D eigenvalue weighted by molar-refractivity contribution is 5.94. The molecule has 0 atom stereocenters. The third-order valence-corrected chi connectivity index (χ3v) is 2.40. The second-order valence-corrected chi connectivity index (χ2v) is 4.91. The second-order valence-electron chi connectivity index (χ2n) is 4.91. The number of rotatable bonds is 2. The Morgan fingerprint density at radius 3 is 1.48 bits per heavy atom. The van der Waals surface area contributed by atoms with E-state index in [-0.39, 0.29) is 5.78 Å². The first kappa shape index (κ1) is 19.1. The Hall–Kier alpha value is -1.89. The van der Waals surface area contributed by atoms with E-state index in [1.807, 2.05) is 42.5 Å². The van der Waals surface area contributed by atoms with Crippen LogP contribution < -0.4 is 0 Å². The molecule has 114 valence electrons. The normalized spacial score (nSPS) is 8.81. The Bertz CT molecular complexity index is 481. The summed E-state index contributed by atoms with van der Waals surface area (Å²) in [6.07, 6.45) is 2.50. The summed E-state index contributed by atoms with van der Waals surface area (Å²) in [5.41, 5.74) is 3.07. The van der Waals surface area contributed by atoms with Crippen LogP contribution in [0.2, 0.25) is 0 Å². The van der Waals surface area contributed by atoms with E-state index >= 15 is 0 Å². The van der Waals surface area contributed by atoms with Gasteiger partial charge in [-0.1, -0.05) is 95.1 Å². The number of hydrogen-bond donors (Lipinski definition) is 0. The predicted molar refractivity (Wildman–Crippen MR) is 93.8 cm³/mol. The fraction of sp³-hybridized carbons (Fsp3) is 0.350. The average molecular weight is 284 g/mol. The first-order chi connectivity index (χ1) is 10.1. The van der Waals surface area contributed by atoms with E-state index in [9.17, 15) is 4.79 Å². The molecule has 0 spiro atoms. The molecule has 0 bridgehead atoms. The van der Waals surface area contributed by atoms with E-state index in [2.05, 4.69) is 39.8 Å². The summed E-state index contributed by atoms with van der Waals surface area (Å²) in [5.74, 6) is 0.106. The van der Waals surface area contributed by atoms with Gasteiger partial charge in [-0.25, -0.2) is 0 Å². The minimum absolute atomic E-state index is 0.106. The lowest BCUT2D eigenvalue weighted by Crippen LogP contribution is -1.90. The van der Waals surface area contributed by atoms with Crippen LogP contribution in [0.5, 0.6) is 0 Å². The number of benzene rings is 2. The summed E-state index contributed by atoms with van der Waals surface area (Å²) in [6.45, 7) is 10.1. The Morgan fingerprint density at radius 1 is 0.714 bits per heavy atom. The first-order valence-electron chi connectivity index (χ1n) is 7.76. The largest absolute Gasteiger partial charge is 0.295 e. The quantitative estimate of drug-likeness (QED) is 0.584. The molecule has 0 saturated carbocycles. The Kier molecular flexibility index (Phi) is 10.8. The fourth-order valence-electron chi connectivity index (χ4n) is 1.53. The van der Waals surface area contributed by atoms with Gasteiger partial charge in [-0.2, -0.15) is 0 Å². The van der Waals surface area contributed by atoms with Gasteiger partial charge in [-0.15, -0.1) is 0 Å². The minimum Gasteiger partial charge on any atom is -0.295 e. The zero-order chi connectivity index (χ0) is 16.1. The maximum absolute atomic E-state index is 11.1. The molecule has 0 aromatic heterocycles. The van der Waals surface area contributed by atoms with Gasteiger partial charge in [0.05, 0.1) is 0 Å². The summed E-state index contributed by atoms with van der Waals surface area (Å²) < 4.78 is 0. The van der Waals surface area contributed by atoms with Crippen molar-refractivity contribution in [2.75, 3.05) is 0 Å². The van der Waals surface area contributed by atoms with Crippen LogP contribution in [0.3, 0.4) is 0 Å². The fourth-order valence-corrected chi connectivity index (χ4v) is 1.53. The molecule has 0 radical (unpaired) electrons. The molecule has 2 aromatic rings. The van der Waals surface area contributed by atoms with Crippen LogP contribution in [0, 0.1) is 0 Å². The van der Waals surface area contributed by atoms with Crippen LogP contribution in [-0.2, 0) is 0 Å². The van der Waals surface area contributed by atoms with Crippen LogP contribution in [0.1, 0.15) is 57.8 Å². The predicted octanol–water partition coefficient (Wildman–Crippen LogP) is 6.39. The van der Waals surface area contributed by atoms with Crippen molar-refractivity contribution >= 4 is 5.78 Å². The zero-order valence-corrected chi connectivity index (χ0v) is 14.0. The molecule has 1 nitrogen and oxygen atoms in total. The van der Waals surface area contributed by atoms with Crippen molar-refractivity contribution < 1.29 is 4.79 Å². The van der Waals surface area contributed by atoms with Crippen LogP contribution in [0.4, 0.5) is 0 Å². The Balaban J connectivity index is 0.000000578. The molecular formula is C20H28O. The Morgan fingerprint density at radius 2 is 1.10 bits per heavy atom. The molecule has 0 N–H and O–H groups in total. The van der Waals surface area contributed by atoms with Crippen LogP contribution >= 0.6 is 0 Å². The van der Waals surface area contributed by atoms with Gasteiger partial charge in [0.25, 0.3) is 0 Å². The highest BCUT2D eigenvalue weighted by Gasteiger charge is 1.99. The van der Waals surface area contributed by atoms with Crippen molar-refractivity contribution in [3.05, 3.63) is 60.2 Å². The van der Waals surface area contributed by atoms with Crippen molar-refractivity contribution in [2.24, 2.45) is 0 Å². The molecule has 0 aliphatic rings. The van der Waals surface area contributed by atoms with Gasteiger partial charge < -0.3 is 0 Å². The lowest BCUT2D eigenvalue weighted by atomic mass is 10.0. The summed E-state index contributed by atoms with van der Waals surface area (Å²) in [4.78, 5) is 11.1. The van der Waals surface area contributed by atoms with E-state index in [1.54, 1.807) is 6.92 Å². The Labute approximate surface area is 130 Å². The third-order valence-electron chi connectivity index (χ3n) is 2.40. The maximum atomic E-state index is 11.1. The lowest BCUT2D eigenvalue weighted by Gasteiger charge is -2.01. The maximum Gasteiger partial charge on any atom is 0.159 e. The van der Waals surface area contributed by atoms with Gasteiger partial charge in [-0.3, -0.25) is 4.79 Å². The topological polar surface area (TPSA) is 17.1 Å². The molecule has 0 fully saturated rings. The second kappa shape index (κ2) is 11.9. The highest BCUT2D eigenvalue weighted by atomic mass is 16.1. The molecule has 0 aliphatic carbocycles. The van der Waals surface area contributed by atoms with E-state index in [0.29, 0.717) is 0 Å². The van der Waals surface area contributed by atoms with E-state index in [0.717, 1.165) is 11.1 Å². The summed E-state index contributed by atoms with van der Waals surface area (Å²) >= 11 is 0. The van der Waals surface area contributed by atoms with E-state index in [4.69, 9.17) is 0 Å². The molecule has 2 aromatic carbocycles. The van der Waals surface area contributed by atoms with Gasteiger partial charge in [0, 0.05) is 5.56 Å². The van der Waals surface area contributed by atoms with Crippen molar-refractivity contribution in [1.82, 2.24) is 0 Å². The zero-order valence-electron chi connectivity index (χ0n) is 14.0. The van der Waals surface area contributed by atoms with E-state index < -0.39 is 0 Å². The SMILES string of the molecule is CC(=O)c1ccc(-c2ccccc2)cc1.CCC.CCC. The van der Waals surface area contributed by atoms with E-state index in [1.165, 1.54) is 18.4 Å². The molecule has 0 amide bonds. The molecule has 0 unspecified atom stereocenters. The monoisotopic (exact) mass is 284 g/mol. The average Bonchev–Trinajstić information content (AvgIpc) is 2.50. The third kappa shape index (κ3) is 8.09. The van der Waals surface area contributed by atoms with Gasteiger partial charge >= 0.3 is 0 Å². The molecular weight excluding hydrogens is 256 g/mol. The minimum atomic E-state index is 0.106. The summed E-state index contributed by atoms with van der Waals surface area (Å²) in [5, 5.41) is 0. The van der Waals surface area contributed by atoms with Crippen molar-refractivity contribution in [1.29, 1.82) is 0 Å². The molecule has 0 heterocycles. The van der Waals surface area contributed by atoms with Crippen LogP contribution in [0.15, 0.2) is 54.6 Å². The summed E-state index contributed by atoms with van der Waals surface area (Å²) in [6, 6.07) is 17.8. The smallest absolute Gasteiger partial charge is 0.159 e. The molecule has 2 rings (SSSR count). The number of ketones is 1. The molecule has 0 aliphatic heterocycles. The van der Waals surface area contributed by atoms with Crippen LogP contribution in [-0.4, -0.2) is 5.78 Å². The molecule has 1 heteroatoms. The van der Waals surface area contributed by atoms with Crippen molar-refractivity contribution in [2.45, 2.75) is 47.5 Å². The number of carbonyl (C=O) groups is 1. The van der Waals surface area contributed by atoms with Crippen molar-refractivity contribution in [3.8, 4) is 11.1 Å². The van der Waals surface area contributed by atoms with Gasteiger partial charge in [0.2, 0.25) is 0 Å². The highest BCUT2D eigenvalue weighted by Crippen LogP contribution is 2.19. The first-order valence-corrected chi connectivity index (χ1v) is 7.76.